The Morgan fingerprint density at radius 2 is 2.29 bits per heavy atom. The Bertz CT molecular complexity index is 537. The SMILES string of the molecule is CC(C)N(CC(=O)O)c1cncc2nnnn12. The number of carbonyl (C=O) groups is 1. The molecule has 2 heterocycles. The minimum atomic E-state index is -0.913. The molecule has 0 radical (unpaired) electrons. The normalized spacial score (nSPS) is 11.0. The summed E-state index contributed by atoms with van der Waals surface area (Å²) in [5.41, 5.74) is 0.485. The Labute approximate surface area is 96.9 Å². The summed E-state index contributed by atoms with van der Waals surface area (Å²) >= 11 is 0. The lowest BCUT2D eigenvalue weighted by Crippen LogP contribution is -2.37. The molecule has 0 unspecified atom stereocenters. The van der Waals surface area contributed by atoms with E-state index in [4.69, 9.17) is 5.11 Å². The van der Waals surface area contributed by atoms with E-state index < -0.39 is 5.97 Å². The van der Waals surface area contributed by atoms with Crippen LogP contribution < -0.4 is 4.90 Å². The maximum absolute atomic E-state index is 10.8. The van der Waals surface area contributed by atoms with Gasteiger partial charge in [0.05, 0.1) is 12.4 Å². The number of nitrogens with zero attached hydrogens (tertiary/aromatic N) is 6. The number of carboxylic acids is 1. The van der Waals surface area contributed by atoms with E-state index in [0.717, 1.165) is 0 Å². The summed E-state index contributed by atoms with van der Waals surface area (Å²) in [5.74, 6) is -0.353. The molecule has 2 aromatic heterocycles. The number of anilines is 1. The molecular formula is C9H12N6O2. The Morgan fingerprint density at radius 3 is 2.94 bits per heavy atom. The summed E-state index contributed by atoms with van der Waals surface area (Å²) < 4.78 is 1.47. The van der Waals surface area contributed by atoms with Gasteiger partial charge in [-0.3, -0.25) is 9.78 Å². The summed E-state index contributed by atoms with van der Waals surface area (Å²) in [4.78, 5) is 16.5. The smallest absolute Gasteiger partial charge is 0.323 e. The molecule has 0 fully saturated rings. The van der Waals surface area contributed by atoms with E-state index in [1.807, 2.05) is 13.8 Å². The van der Waals surface area contributed by atoms with Crippen molar-refractivity contribution in [2.24, 2.45) is 0 Å². The van der Waals surface area contributed by atoms with Crippen molar-refractivity contribution in [3.63, 3.8) is 0 Å². The zero-order chi connectivity index (χ0) is 12.4. The van der Waals surface area contributed by atoms with Gasteiger partial charge in [-0.25, -0.2) is 0 Å². The molecule has 1 N–H and O–H groups in total. The molecule has 0 bridgehead atoms. The first kappa shape index (κ1) is 11.2. The molecule has 8 nitrogen and oxygen atoms in total. The number of aromatic nitrogens is 5. The monoisotopic (exact) mass is 236 g/mol. The van der Waals surface area contributed by atoms with Crippen LogP contribution in [0.3, 0.4) is 0 Å². The molecule has 0 aliphatic heterocycles. The second-order valence-corrected chi connectivity index (χ2v) is 3.83. The fourth-order valence-electron chi connectivity index (χ4n) is 1.53. The molecular weight excluding hydrogens is 224 g/mol. The molecule has 0 aromatic carbocycles. The Kier molecular flexibility index (Phi) is 2.86. The van der Waals surface area contributed by atoms with Crippen molar-refractivity contribution in [2.45, 2.75) is 19.9 Å². The highest BCUT2D eigenvalue weighted by molar-refractivity contribution is 5.73. The maximum Gasteiger partial charge on any atom is 0.323 e. The second-order valence-electron chi connectivity index (χ2n) is 3.83. The second kappa shape index (κ2) is 4.32. The van der Waals surface area contributed by atoms with Gasteiger partial charge in [-0.1, -0.05) is 0 Å². The van der Waals surface area contributed by atoms with Crippen molar-refractivity contribution < 1.29 is 9.90 Å². The van der Waals surface area contributed by atoms with Crippen LogP contribution in [0.2, 0.25) is 0 Å². The number of hydrogen-bond donors (Lipinski definition) is 1. The van der Waals surface area contributed by atoms with E-state index >= 15 is 0 Å². The van der Waals surface area contributed by atoms with Crippen LogP contribution in [0.1, 0.15) is 13.8 Å². The molecule has 2 aromatic rings. The summed E-state index contributed by atoms with van der Waals surface area (Å²) in [6, 6.07) is 0.00250. The molecule has 0 saturated heterocycles. The molecule has 0 aliphatic carbocycles. The lowest BCUT2D eigenvalue weighted by molar-refractivity contribution is -0.135. The van der Waals surface area contributed by atoms with E-state index in [9.17, 15) is 4.79 Å². The highest BCUT2D eigenvalue weighted by atomic mass is 16.4. The van der Waals surface area contributed by atoms with Crippen LogP contribution in [0.25, 0.3) is 5.65 Å². The highest BCUT2D eigenvalue weighted by Crippen LogP contribution is 2.15. The van der Waals surface area contributed by atoms with E-state index in [0.29, 0.717) is 11.5 Å². The Balaban J connectivity index is 2.48. The van der Waals surface area contributed by atoms with Gasteiger partial charge in [0.25, 0.3) is 0 Å². The average Bonchev–Trinajstić information content (AvgIpc) is 2.73. The Morgan fingerprint density at radius 1 is 1.53 bits per heavy atom. The zero-order valence-electron chi connectivity index (χ0n) is 9.48. The molecule has 0 spiro atoms. The van der Waals surface area contributed by atoms with E-state index in [1.165, 1.54) is 10.7 Å². The molecule has 0 atom stereocenters. The van der Waals surface area contributed by atoms with Crippen LogP contribution in [0.4, 0.5) is 5.82 Å². The first-order chi connectivity index (χ1) is 8.09. The first-order valence-corrected chi connectivity index (χ1v) is 5.10. The predicted octanol–water partition coefficient (Wildman–Crippen LogP) is -0.181. The number of aliphatic carboxylic acids is 1. The van der Waals surface area contributed by atoms with Crippen LogP contribution in [0.5, 0.6) is 0 Å². The predicted molar refractivity (Wildman–Crippen MR) is 58.7 cm³/mol. The van der Waals surface area contributed by atoms with E-state index in [-0.39, 0.29) is 12.6 Å². The van der Waals surface area contributed by atoms with Crippen molar-refractivity contribution >= 4 is 17.4 Å². The van der Waals surface area contributed by atoms with Crippen molar-refractivity contribution in [1.82, 2.24) is 25.0 Å². The molecule has 0 aliphatic rings. The Hall–Kier alpha value is -2.25. The number of rotatable bonds is 4. The van der Waals surface area contributed by atoms with Gasteiger partial charge in [-0.05, 0) is 24.3 Å². The van der Waals surface area contributed by atoms with Gasteiger partial charge in [-0.2, -0.15) is 4.52 Å². The van der Waals surface area contributed by atoms with Crippen molar-refractivity contribution in [2.75, 3.05) is 11.4 Å². The third-order valence-electron chi connectivity index (χ3n) is 2.31. The van der Waals surface area contributed by atoms with Gasteiger partial charge in [-0.15, -0.1) is 5.10 Å². The van der Waals surface area contributed by atoms with Crippen LogP contribution in [0.15, 0.2) is 12.4 Å². The quantitative estimate of drug-likeness (QED) is 0.786. The maximum atomic E-state index is 10.8. The molecule has 8 heteroatoms. The first-order valence-electron chi connectivity index (χ1n) is 5.10. The minimum Gasteiger partial charge on any atom is -0.480 e. The van der Waals surface area contributed by atoms with Gasteiger partial charge >= 0.3 is 5.97 Å². The van der Waals surface area contributed by atoms with Crippen LogP contribution in [-0.4, -0.2) is 48.7 Å². The number of tetrazole rings is 1. The summed E-state index contributed by atoms with van der Waals surface area (Å²) in [6.45, 7) is 3.66. The van der Waals surface area contributed by atoms with Crippen molar-refractivity contribution in [1.29, 1.82) is 0 Å². The zero-order valence-corrected chi connectivity index (χ0v) is 9.48. The number of hydrogen-bond acceptors (Lipinski definition) is 6. The minimum absolute atomic E-state index is 0.00250. The topological polar surface area (TPSA) is 96.5 Å². The van der Waals surface area contributed by atoms with Crippen molar-refractivity contribution in [3.8, 4) is 0 Å². The third-order valence-corrected chi connectivity index (χ3v) is 2.31. The summed E-state index contributed by atoms with van der Waals surface area (Å²) in [7, 11) is 0. The summed E-state index contributed by atoms with van der Waals surface area (Å²) in [6.07, 6.45) is 3.06. The van der Waals surface area contributed by atoms with Crippen LogP contribution in [-0.2, 0) is 4.79 Å². The lowest BCUT2D eigenvalue weighted by Gasteiger charge is -2.26. The van der Waals surface area contributed by atoms with Crippen LogP contribution >= 0.6 is 0 Å². The van der Waals surface area contributed by atoms with Gasteiger partial charge in [0, 0.05) is 6.04 Å². The average molecular weight is 236 g/mol. The van der Waals surface area contributed by atoms with E-state index in [1.54, 1.807) is 11.1 Å². The number of carboxylic acid groups (broad SMARTS) is 1. The molecule has 0 saturated carbocycles. The van der Waals surface area contributed by atoms with Crippen molar-refractivity contribution in [3.05, 3.63) is 12.4 Å². The number of fused-ring (bicyclic) bond motifs is 1. The van der Waals surface area contributed by atoms with Gasteiger partial charge in [0.15, 0.2) is 11.5 Å². The van der Waals surface area contributed by atoms with Gasteiger partial charge in [0.2, 0.25) is 0 Å². The molecule has 90 valence electrons. The molecule has 17 heavy (non-hydrogen) atoms. The fraction of sp³-hybridized carbons (Fsp3) is 0.444. The molecule has 0 amide bonds. The van der Waals surface area contributed by atoms with Gasteiger partial charge < -0.3 is 10.0 Å². The summed E-state index contributed by atoms with van der Waals surface area (Å²) in [5, 5.41) is 20.0. The lowest BCUT2D eigenvalue weighted by atomic mass is 10.3. The highest BCUT2D eigenvalue weighted by Gasteiger charge is 2.18. The molecule has 2 rings (SSSR count). The third kappa shape index (κ3) is 2.14. The van der Waals surface area contributed by atoms with Gasteiger partial charge in [0.1, 0.15) is 6.54 Å². The van der Waals surface area contributed by atoms with E-state index in [2.05, 4.69) is 20.5 Å². The fourth-order valence-corrected chi connectivity index (χ4v) is 1.53. The standard InChI is InChI=1S/C9H12N6O2/c1-6(2)14(5-9(16)17)8-4-10-3-7-11-12-13-15(7)8/h3-4,6H,5H2,1-2H3,(H,16,17). The van der Waals surface area contributed by atoms with Crippen LogP contribution in [0, 0.1) is 0 Å². The largest absolute Gasteiger partial charge is 0.480 e.